The first-order chi connectivity index (χ1) is 12.7. The SMILES string of the molecule is CC[C@H](NC(=O)C12CC3C[C@@](C)(C1)C[C@](C)(C3)C2)c1ccc(C(C)C)cc1. The molecule has 4 saturated carbocycles. The van der Waals surface area contributed by atoms with Gasteiger partial charge in [0.1, 0.15) is 0 Å². The molecular weight excluding hydrogens is 330 g/mol. The van der Waals surface area contributed by atoms with E-state index in [1.165, 1.54) is 30.4 Å². The average Bonchev–Trinajstić information content (AvgIpc) is 2.56. The molecule has 2 nitrogen and oxygen atoms in total. The molecular formula is C25H37NO. The summed E-state index contributed by atoms with van der Waals surface area (Å²) in [6, 6.07) is 9.01. The molecule has 0 spiro atoms. The number of nitrogens with one attached hydrogen (secondary N) is 1. The number of benzene rings is 1. The smallest absolute Gasteiger partial charge is 0.226 e. The molecule has 4 bridgehead atoms. The molecule has 2 heteroatoms. The summed E-state index contributed by atoms with van der Waals surface area (Å²) in [5.41, 5.74) is 3.26. The van der Waals surface area contributed by atoms with Gasteiger partial charge in [-0.3, -0.25) is 4.79 Å². The quantitative estimate of drug-likeness (QED) is 0.643. The van der Waals surface area contributed by atoms with Gasteiger partial charge in [0.2, 0.25) is 5.91 Å². The van der Waals surface area contributed by atoms with E-state index in [-0.39, 0.29) is 11.5 Å². The van der Waals surface area contributed by atoms with E-state index in [2.05, 4.69) is 64.2 Å². The van der Waals surface area contributed by atoms with Crippen LogP contribution in [-0.2, 0) is 4.79 Å². The van der Waals surface area contributed by atoms with Crippen molar-refractivity contribution in [2.45, 2.75) is 91.5 Å². The number of hydrogen-bond donors (Lipinski definition) is 1. The highest BCUT2D eigenvalue weighted by molar-refractivity contribution is 5.83. The van der Waals surface area contributed by atoms with Crippen LogP contribution in [0.5, 0.6) is 0 Å². The van der Waals surface area contributed by atoms with Gasteiger partial charge >= 0.3 is 0 Å². The monoisotopic (exact) mass is 367 g/mol. The molecule has 0 heterocycles. The van der Waals surface area contributed by atoms with Crippen molar-refractivity contribution in [3.05, 3.63) is 35.4 Å². The Labute approximate surface area is 165 Å². The number of amides is 1. The Bertz CT molecular complexity index is 700. The summed E-state index contributed by atoms with van der Waals surface area (Å²) in [4.78, 5) is 13.6. The first kappa shape index (κ1) is 19.0. The van der Waals surface area contributed by atoms with Crippen LogP contribution in [0.3, 0.4) is 0 Å². The predicted molar refractivity (Wildman–Crippen MR) is 112 cm³/mol. The highest BCUT2D eigenvalue weighted by atomic mass is 16.2. The third kappa shape index (κ3) is 3.34. The summed E-state index contributed by atoms with van der Waals surface area (Å²) in [6.45, 7) is 11.5. The Balaban J connectivity index is 1.54. The molecule has 1 aromatic rings. The van der Waals surface area contributed by atoms with Crippen LogP contribution in [0, 0.1) is 22.2 Å². The summed E-state index contributed by atoms with van der Waals surface area (Å²) in [5.74, 6) is 1.64. The van der Waals surface area contributed by atoms with E-state index in [0.717, 1.165) is 31.6 Å². The van der Waals surface area contributed by atoms with E-state index in [4.69, 9.17) is 0 Å². The van der Waals surface area contributed by atoms with Crippen molar-refractivity contribution in [3.8, 4) is 0 Å². The Morgan fingerprint density at radius 2 is 1.56 bits per heavy atom. The van der Waals surface area contributed by atoms with Gasteiger partial charge in [-0.1, -0.05) is 58.9 Å². The topological polar surface area (TPSA) is 29.1 Å². The molecule has 4 fully saturated rings. The molecule has 27 heavy (non-hydrogen) atoms. The molecule has 0 radical (unpaired) electrons. The summed E-state index contributed by atoms with van der Waals surface area (Å²) in [5, 5.41) is 3.48. The van der Waals surface area contributed by atoms with Crippen molar-refractivity contribution in [2.75, 3.05) is 0 Å². The number of carbonyl (C=O) groups is 1. The van der Waals surface area contributed by atoms with Gasteiger partial charge in [0.25, 0.3) is 0 Å². The molecule has 4 aliphatic carbocycles. The molecule has 1 N–H and O–H groups in total. The van der Waals surface area contributed by atoms with E-state index >= 15 is 0 Å². The highest BCUT2D eigenvalue weighted by Gasteiger charge is 2.62. The molecule has 148 valence electrons. The van der Waals surface area contributed by atoms with Crippen LogP contribution in [0.25, 0.3) is 0 Å². The van der Waals surface area contributed by atoms with Crippen molar-refractivity contribution >= 4 is 5.91 Å². The van der Waals surface area contributed by atoms with Crippen molar-refractivity contribution in [1.82, 2.24) is 5.32 Å². The lowest BCUT2D eigenvalue weighted by Gasteiger charge is -2.64. The average molecular weight is 368 g/mol. The van der Waals surface area contributed by atoms with Crippen molar-refractivity contribution in [1.29, 1.82) is 0 Å². The fraction of sp³-hybridized carbons (Fsp3) is 0.720. The number of carbonyl (C=O) groups excluding carboxylic acids is 1. The molecule has 0 aromatic heterocycles. The Kier molecular flexibility index (Phi) is 4.48. The van der Waals surface area contributed by atoms with Gasteiger partial charge < -0.3 is 5.32 Å². The van der Waals surface area contributed by atoms with E-state index in [1.807, 2.05) is 0 Å². The van der Waals surface area contributed by atoms with Gasteiger partial charge in [-0.15, -0.1) is 0 Å². The van der Waals surface area contributed by atoms with Crippen LogP contribution >= 0.6 is 0 Å². The zero-order chi connectivity index (χ0) is 19.4. The van der Waals surface area contributed by atoms with E-state index in [1.54, 1.807) is 0 Å². The predicted octanol–water partition coefficient (Wildman–Crippen LogP) is 6.37. The fourth-order valence-electron chi connectivity index (χ4n) is 7.55. The van der Waals surface area contributed by atoms with E-state index in [9.17, 15) is 4.79 Å². The lowest BCUT2D eigenvalue weighted by atomic mass is 9.40. The molecule has 1 amide bonds. The Morgan fingerprint density at radius 1 is 1.00 bits per heavy atom. The van der Waals surface area contributed by atoms with Crippen LogP contribution in [0.2, 0.25) is 0 Å². The fourth-order valence-corrected chi connectivity index (χ4v) is 7.55. The van der Waals surface area contributed by atoms with Gasteiger partial charge in [0.05, 0.1) is 11.5 Å². The van der Waals surface area contributed by atoms with Crippen LogP contribution in [-0.4, -0.2) is 5.91 Å². The summed E-state index contributed by atoms with van der Waals surface area (Å²) < 4.78 is 0. The third-order valence-electron chi connectivity index (χ3n) is 7.83. The molecule has 0 aliphatic heterocycles. The van der Waals surface area contributed by atoms with Crippen molar-refractivity contribution < 1.29 is 4.79 Å². The van der Waals surface area contributed by atoms with Crippen molar-refractivity contribution in [3.63, 3.8) is 0 Å². The number of hydrogen-bond acceptors (Lipinski definition) is 1. The Hall–Kier alpha value is -1.31. The number of rotatable bonds is 5. The highest BCUT2D eigenvalue weighted by Crippen LogP contribution is 2.69. The standard InChI is InChI=1S/C25H37NO/c1-6-21(20-9-7-19(8-10-20)17(2)3)26-22(27)25-13-18-11-23(4,15-25)14-24(5,12-18)16-25/h7-10,17-18,21H,6,11-16H2,1-5H3,(H,26,27)/t18?,21-,23-,24+,25?/m0/s1. The molecule has 2 unspecified atom stereocenters. The summed E-state index contributed by atoms with van der Waals surface area (Å²) in [6.07, 6.45) is 8.26. The second kappa shape index (κ2) is 6.36. The van der Waals surface area contributed by atoms with Crippen LogP contribution in [0.15, 0.2) is 24.3 Å². The van der Waals surface area contributed by atoms with Crippen molar-refractivity contribution in [2.24, 2.45) is 22.2 Å². The van der Waals surface area contributed by atoms with Gasteiger partial charge in [0.15, 0.2) is 0 Å². The van der Waals surface area contributed by atoms with Crippen LogP contribution < -0.4 is 5.32 Å². The van der Waals surface area contributed by atoms with Gasteiger partial charge in [-0.25, -0.2) is 0 Å². The minimum atomic E-state index is -0.117. The summed E-state index contributed by atoms with van der Waals surface area (Å²) >= 11 is 0. The van der Waals surface area contributed by atoms with Gasteiger partial charge in [0, 0.05) is 0 Å². The van der Waals surface area contributed by atoms with Gasteiger partial charge in [-0.2, -0.15) is 0 Å². The van der Waals surface area contributed by atoms with Gasteiger partial charge in [-0.05, 0) is 78.7 Å². The maximum atomic E-state index is 13.6. The van der Waals surface area contributed by atoms with Crippen LogP contribution in [0.4, 0.5) is 0 Å². The third-order valence-corrected chi connectivity index (χ3v) is 7.83. The maximum absolute atomic E-state index is 13.6. The molecule has 5 rings (SSSR count). The second-order valence-corrected chi connectivity index (χ2v) is 11.2. The lowest BCUT2D eigenvalue weighted by Crippen LogP contribution is -2.60. The first-order valence-corrected chi connectivity index (χ1v) is 11.1. The zero-order valence-electron chi connectivity index (χ0n) is 17.9. The summed E-state index contributed by atoms with van der Waals surface area (Å²) in [7, 11) is 0. The van der Waals surface area contributed by atoms with E-state index in [0.29, 0.717) is 22.7 Å². The van der Waals surface area contributed by atoms with E-state index < -0.39 is 0 Å². The second-order valence-electron chi connectivity index (χ2n) is 11.2. The molecule has 0 saturated heterocycles. The molecule has 1 aromatic carbocycles. The minimum Gasteiger partial charge on any atom is -0.349 e. The zero-order valence-corrected chi connectivity index (χ0v) is 17.9. The van der Waals surface area contributed by atoms with Crippen LogP contribution in [0.1, 0.15) is 103 Å². The molecule has 4 aliphatic rings. The minimum absolute atomic E-state index is 0.117. The molecule has 5 atom stereocenters. The largest absolute Gasteiger partial charge is 0.349 e. The normalized spacial score (nSPS) is 38.2. The lowest BCUT2D eigenvalue weighted by molar-refractivity contribution is -0.170. The maximum Gasteiger partial charge on any atom is 0.226 e. The Morgan fingerprint density at radius 3 is 2.04 bits per heavy atom. The first-order valence-electron chi connectivity index (χ1n) is 11.1.